The molecule has 1 aliphatic rings. The number of hydrogen-bond donors (Lipinski definition) is 3. The van der Waals surface area contributed by atoms with Crippen LogP contribution in [0.2, 0.25) is 0 Å². The molecule has 3 heterocycles. The van der Waals surface area contributed by atoms with E-state index in [1.54, 1.807) is 32.1 Å². The molecule has 0 atom stereocenters. The lowest BCUT2D eigenvalue weighted by atomic mass is 10.0. The van der Waals surface area contributed by atoms with E-state index >= 15 is 0 Å². The molecule has 2 aromatic rings. The topological polar surface area (TPSA) is 126 Å². The largest absolute Gasteiger partial charge is 0.458 e. The highest BCUT2D eigenvalue weighted by molar-refractivity contribution is 6.06. The van der Waals surface area contributed by atoms with Crippen molar-refractivity contribution >= 4 is 11.8 Å². The van der Waals surface area contributed by atoms with Crippen LogP contribution in [0.25, 0.3) is 0 Å². The number of aromatic nitrogens is 1. The molecular weight excluding hydrogens is 356 g/mol. The molecule has 0 saturated carbocycles. The molecule has 0 radical (unpaired) electrons. The summed E-state index contributed by atoms with van der Waals surface area (Å²) in [5.74, 6) is 8.31. The van der Waals surface area contributed by atoms with E-state index < -0.39 is 5.60 Å². The number of allylic oxidation sites excluding steroid dienone is 2. The van der Waals surface area contributed by atoms with Gasteiger partial charge in [0, 0.05) is 17.7 Å². The van der Waals surface area contributed by atoms with Crippen LogP contribution in [0.15, 0.2) is 68.8 Å². The van der Waals surface area contributed by atoms with Crippen LogP contribution in [-0.2, 0) is 12.0 Å². The van der Waals surface area contributed by atoms with Gasteiger partial charge in [-0.25, -0.2) is 10.9 Å². The first-order valence-electron chi connectivity index (χ1n) is 8.78. The van der Waals surface area contributed by atoms with Crippen molar-refractivity contribution in [2.24, 2.45) is 21.6 Å². The molecule has 0 saturated heterocycles. The Kier molecular flexibility index (Phi) is 5.17. The fourth-order valence-electron chi connectivity index (χ4n) is 2.76. The second kappa shape index (κ2) is 7.41. The molecule has 0 aromatic carbocycles. The third-order valence-electron chi connectivity index (χ3n) is 4.20. The van der Waals surface area contributed by atoms with Gasteiger partial charge in [-0.05, 0) is 45.0 Å². The number of hydrazine groups is 1. The Bertz CT molecular complexity index is 994. The van der Waals surface area contributed by atoms with Crippen LogP contribution >= 0.6 is 0 Å². The van der Waals surface area contributed by atoms with Crippen LogP contribution < -0.4 is 11.6 Å². The summed E-state index contributed by atoms with van der Waals surface area (Å²) in [5, 5.41) is 11.5. The van der Waals surface area contributed by atoms with Gasteiger partial charge in [0.05, 0.1) is 5.69 Å². The molecule has 2 aromatic heterocycles. The van der Waals surface area contributed by atoms with Gasteiger partial charge in [-0.1, -0.05) is 18.7 Å². The molecule has 0 aliphatic carbocycles. The van der Waals surface area contributed by atoms with Gasteiger partial charge >= 0.3 is 0 Å². The van der Waals surface area contributed by atoms with E-state index in [4.69, 9.17) is 16.0 Å². The fourth-order valence-corrected chi connectivity index (χ4v) is 2.76. The normalized spacial score (nSPS) is 16.5. The van der Waals surface area contributed by atoms with Crippen LogP contribution in [0, 0.1) is 6.92 Å². The van der Waals surface area contributed by atoms with E-state index in [0.717, 1.165) is 11.5 Å². The van der Waals surface area contributed by atoms with Crippen molar-refractivity contribution < 1.29 is 9.52 Å². The quantitative estimate of drug-likeness (QED) is 0.682. The third kappa shape index (κ3) is 4.03. The van der Waals surface area contributed by atoms with E-state index in [1.165, 1.54) is 5.01 Å². The van der Waals surface area contributed by atoms with Gasteiger partial charge < -0.3 is 15.3 Å². The molecule has 8 heteroatoms. The zero-order valence-electron chi connectivity index (χ0n) is 16.2. The number of aliphatic imine (C=N–C) groups is 2. The predicted molar refractivity (Wildman–Crippen MR) is 108 cm³/mol. The fraction of sp³-hybridized carbons (Fsp3) is 0.250. The van der Waals surface area contributed by atoms with Gasteiger partial charge in [-0.2, -0.15) is 9.98 Å². The lowest BCUT2D eigenvalue weighted by Gasteiger charge is -2.25. The second-order valence-electron chi connectivity index (χ2n) is 6.99. The molecule has 5 N–H and O–H groups in total. The SMILES string of the molecule is C=C/C(Cc1cccc(C(C)(C)O)n1)=C1/N=C(N)N=C(c2ccc(C)o2)N1N. The molecule has 0 fully saturated rings. The molecule has 1 aliphatic heterocycles. The van der Waals surface area contributed by atoms with Crippen LogP contribution in [0.3, 0.4) is 0 Å². The minimum atomic E-state index is -1.04. The van der Waals surface area contributed by atoms with E-state index in [9.17, 15) is 5.11 Å². The van der Waals surface area contributed by atoms with Crippen LogP contribution in [0.4, 0.5) is 0 Å². The van der Waals surface area contributed by atoms with Gasteiger partial charge in [0.25, 0.3) is 0 Å². The summed E-state index contributed by atoms with van der Waals surface area (Å²) in [5.41, 5.74) is 6.89. The summed E-state index contributed by atoms with van der Waals surface area (Å²) in [6.45, 7) is 9.08. The van der Waals surface area contributed by atoms with Crippen molar-refractivity contribution in [2.45, 2.75) is 32.8 Å². The van der Waals surface area contributed by atoms with Gasteiger partial charge in [0.1, 0.15) is 11.4 Å². The smallest absolute Gasteiger partial charge is 0.224 e. The highest BCUT2D eigenvalue weighted by atomic mass is 16.3. The number of nitrogens with two attached hydrogens (primary N) is 2. The Balaban J connectivity index is 1.98. The van der Waals surface area contributed by atoms with Gasteiger partial charge in [0.15, 0.2) is 17.4 Å². The third-order valence-corrected chi connectivity index (χ3v) is 4.20. The highest BCUT2D eigenvalue weighted by Gasteiger charge is 2.25. The number of amidine groups is 1. The summed E-state index contributed by atoms with van der Waals surface area (Å²) < 4.78 is 5.62. The number of furan rings is 1. The number of guanidine groups is 1. The van der Waals surface area contributed by atoms with Crippen molar-refractivity contribution in [3.8, 4) is 0 Å². The molecule has 0 spiro atoms. The molecule has 0 amide bonds. The monoisotopic (exact) mass is 380 g/mol. The van der Waals surface area contributed by atoms with Crippen molar-refractivity contribution in [2.75, 3.05) is 0 Å². The zero-order valence-corrected chi connectivity index (χ0v) is 16.2. The number of pyridine rings is 1. The van der Waals surface area contributed by atoms with Gasteiger partial charge in [-0.15, -0.1) is 0 Å². The van der Waals surface area contributed by atoms with Crippen molar-refractivity contribution in [1.82, 2.24) is 9.99 Å². The van der Waals surface area contributed by atoms with E-state index in [2.05, 4.69) is 21.5 Å². The highest BCUT2D eigenvalue weighted by Crippen LogP contribution is 2.23. The summed E-state index contributed by atoms with van der Waals surface area (Å²) in [4.78, 5) is 13.0. The summed E-state index contributed by atoms with van der Waals surface area (Å²) in [6, 6.07) is 9.07. The van der Waals surface area contributed by atoms with Crippen molar-refractivity contribution in [1.29, 1.82) is 0 Å². The number of aryl methyl sites for hydroxylation is 1. The minimum absolute atomic E-state index is 0.0679. The Labute approximate surface area is 163 Å². The maximum absolute atomic E-state index is 10.2. The molecule has 8 nitrogen and oxygen atoms in total. The Morgan fingerprint density at radius 1 is 1.29 bits per heavy atom. The Hall–Kier alpha value is -3.23. The number of rotatable bonds is 5. The predicted octanol–water partition coefficient (Wildman–Crippen LogP) is 2.10. The minimum Gasteiger partial charge on any atom is -0.458 e. The van der Waals surface area contributed by atoms with Crippen LogP contribution in [0.1, 0.15) is 36.8 Å². The standard InChI is InChI=1S/C20H24N6O2/c1-5-13(11-14-7-6-8-16(23-14)20(3,4)27)17-24-19(21)25-18(26(17)22)15-10-9-12(2)28-15/h5-10,27H,1,11,22H2,2-4H3,(H2,21,24)/b17-13+. The second-order valence-corrected chi connectivity index (χ2v) is 6.99. The first kappa shape index (κ1) is 19.5. The lowest BCUT2D eigenvalue weighted by molar-refractivity contribution is 0.0736. The van der Waals surface area contributed by atoms with Crippen LogP contribution in [-0.4, -0.2) is 26.9 Å². The maximum Gasteiger partial charge on any atom is 0.224 e. The van der Waals surface area contributed by atoms with Gasteiger partial charge in [0.2, 0.25) is 5.96 Å². The summed E-state index contributed by atoms with van der Waals surface area (Å²) >= 11 is 0. The zero-order chi connectivity index (χ0) is 20.5. The average Bonchev–Trinajstić information content (AvgIpc) is 3.07. The molecular formula is C20H24N6O2. The van der Waals surface area contributed by atoms with E-state index in [1.807, 2.05) is 25.1 Å². The Morgan fingerprint density at radius 3 is 2.64 bits per heavy atom. The van der Waals surface area contributed by atoms with Crippen molar-refractivity contribution in [3.63, 3.8) is 0 Å². The van der Waals surface area contributed by atoms with Crippen LogP contribution in [0.5, 0.6) is 0 Å². The average molecular weight is 380 g/mol. The molecule has 28 heavy (non-hydrogen) atoms. The number of nitrogens with zero attached hydrogens (tertiary/aromatic N) is 4. The molecule has 146 valence electrons. The van der Waals surface area contributed by atoms with Gasteiger partial charge in [-0.3, -0.25) is 4.98 Å². The maximum atomic E-state index is 10.2. The molecule has 3 rings (SSSR count). The Morgan fingerprint density at radius 2 is 2.04 bits per heavy atom. The number of hydrogen-bond acceptors (Lipinski definition) is 8. The molecule has 0 unspecified atom stereocenters. The summed E-state index contributed by atoms with van der Waals surface area (Å²) in [7, 11) is 0. The number of aliphatic hydroxyl groups is 1. The summed E-state index contributed by atoms with van der Waals surface area (Å²) in [6.07, 6.45) is 2.05. The van der Waals surface area contributed by atoms with E-state index in [-0.39, 0.29) is 5.96 Å². The first-order valence-corrected chi connectivity index (χ1v) is 8.78. The first-order chi connectivity index (χ1) is 13.2. The van der Waals surface area contributed by atoms with Crippen molar-refractivity contribution in [3.05, 3.63) is 77.3 Å². The lowest BCUT2D eigenvalue weighted by Crippen LogP contribution is -2.41. The molecule has 0 bridgehead atoms. The van der Waals surface area contributed by atoms with E-state index in [0.29, 0.717) is 35.1 Å².